The predicted octanol–water partition coefficient (Wildman–Crippen LogP) is 3.83. The summed E-state index contributed by atoms with van der Waals surface area (Å²) in [4.78, 5) is 11.4. The molecule has 0 atom stereocenters. The molecule has 0 saturated heterocycles. The van der Waals surface area contributed by atoms with Crippen LogP contribution in [-0.4, -0.2) is 11.1 Å². The second-order valence-electron chi connectivity index (χ2n) is 2.64. The first-order chi connectivity index (χ1) is 6.06. The molecule has 0 N–H and O–H groups in total. The first-order valence-electron chi connectivity index (χ1n) is 3.61. The first kappa shape index (κ1) is 11.5. The van der Waals surface area contributed by atoms with E-state index in [1.165, 1.54) is 0 Å². The molecule has 0 saturated carbocycles. The van der Waals surface area contributed by atoms with Gasteiger partial charge in [-0.05, 0) is 47.2 Å². The smallest absolute Gasteiger partial charge is 0.174 e. The van der Waals surface area contributed by atoms with E-state index in [4.69, 9.17) is 11.6 Å². The normalized spacial score (nSPS) is 10.2. The Kier molecular flexibility index (Phi) is 4.19. The minimum Gasteiger partial charge on any atom is -0.293 e. The molecule has 0 spiro atoms. The lowest BCUT2D eigenvalue weighted by atomic mass is 10.1. The summed E-state index contributed by atoms with van der Waals surface area (Å²) in [6.07, 6.45) is 0. The van der Waals surface area contributed by atoms with Crippen LogP contribution < -0.4 is 0 Å². The van der Waals surface area contributed by atoms with Crippen LogP contribution in [0.1, 0.15) is 15.9 Å². The Bertz CT molecular complexity index is 352. The number of Topliss-reactive ketones (excluding diaryl/α,β-unsaturated/α-hetero) is 1. The Morgan fingerprint density at radius 1 is 1.62 bits per heavy atom. The summed E-state index contributed by atoms with van der Waals surface area (Å²) in [6.45, 7) is 1.96. The summed E-state index contributed by atoms with van der Waals surface area (Å²) in [7, 11) is 0. The Balaban J connectivity index is 3.23. The molecule has 0 aliphatic heterocycles. The van der Waals surface area contributed by atoms with Gasteiger partial charge in [-0.25, -0.2) is 0 Å². The summed E-state index contributed by atoms with van der Waals surface area (Å²) in [5.74, 6) is 0.0181. The number of alkyl halides is 1. The fraction of sp³-hybridized carbons (Fsp3) is 0.222. The number of benzene rings is 1. The summed E-state index contributed by atoms with van der Waals surface area (Å²) in [5, 5.41) is 0.840. The number of hydrogen-bond acceptors (Lipinski definition) is 1. The number of halogens is 3. The molecule has 70 valence electrons. The van der Waals surface area contributed by atoms with Crippen LogP contribution in [0, 0.1) is 10.5 Å². The molecule has 0 aromatic heterocycles. The molecule has 1 nitrogen and oxygen atoms in total. The van der Waals surface area contributed by atoms with Crippen molar-refractivity contribution >= 4 is 55.9 Å². The highest BCUT2D eigenvalue weighted by atomic mass is 127. The number of rotatable bonds is 2. The number of carbonyl (C=O) groups is 1. The van der Waals surface area contributed by atoms with Gasteiger partial charge >= 0.3 is 0 Å². The van der Waals surface area contributed by atoms with Crippen LogP contribution in [0.15, 0.2) is 12.1 Å². The highest BCUT2D eigenvalue weighted by Crippen LogP contribution is 2.23. The van der Waals surface area contributed by atoms with Gasteiger partial charge in [-0.3, -0.25) is 4.79 Å². The van der Waals surface area contributed by atoms with E-state index < -0.39 is 0 Å². The van der Waals surface area contributed by atoms with Gasteiger partial charge in [0.15, 0.2) is 5.78 Å². The van der Waals surface area contributed by atoms with Crippen molar-refractivity contribution < 1.29 is 4.79 Å². The zero-order valence-corrected chi connectivity index (χ0v) is 11.4. The van der Waals surface area contributed by atoms with E-state index >= 15 is 0 Å². The zero-order chi connectivity index (χ0) is 10.0. The third kappa shape index (κ3) is 2.67. The largest absolute Gasteiger partial charge is 0.293 e. The Morgan fingerprint density at radius 2 is 2.23 bits per heavy atom. The lowest BCUT2D eigenvalue weighted by molar-refractivity contribution is 0.102. The van der Waals surface area contributed by atoms with Crippen molar-refractivity contribution in [3.63, 3.8) is 0 Å². The molecule has 4 heteroatoms. The molecule has 0 bridgehead atoms. The zero-order valence-electron chi connectivity index (χ0n) is 6.90. The van der Waals surface area contributed by atoms with Crippen LogP contribution in [-0.2, 0) is 0 Å². The average molecular weight is 373 g/mol. The highest BCUT2D eigenvalue weighted by Gasteiger charge is 2.10. The molecular weight excluding hydrogens is 366 g/mol. The summed E-state index contributed by atoms with van der Waals surface area (Å²) < 4.78 is 1.08. The molecule has 1 aromatic carbocycles. The van der Waals surface area contributed by atoms with E-state index in [-0.39, 0.29) is 5.78 Å². The standard InChI is InChI=1S/C9H7BrClIO/c1-5-2-6(9(13)4-10)7(11)3-8(5)12/h2-3H,4H2,1H3. The van der Waals surface area contributed by atoms with Gasteiger partial charge in [0, 0.05) is 9.13 Å². The van der Waals surface area contributed by atoms with Crippen LogP contribution in [0.5, 0.6) is 0 Å². The Labute approximate surface area is 104 Å². The maximum Gasteiger partial charge on any atom is 0.174 e. The number of hydrogen-bond donors (Lipinski definition) is 0. The van der Waals surface area contributed by atoms with Crippen molar-refractivity contribution in [2.75, 3.05) is 5.33 Å². The summed E-state index contributed by atoms with van der Waals surface area (Å²) in [6, 6.07) is 3.64. The van der Waals surface area contributed by atoms with Crippen molar-refractivity contribution in [1.82, 2.24) is 0 Å². The van der Waals surface area contributed by atoms with Crippen molar-refractivity contribution in [2.24, 2.45) is 0 Å². The monoisotopic (exact) mass is 372 g/mol. The van der Waals surface area contributed by atoms with Gasteiger partial charge in [0.05, 0.1) is 10.4 Å². The van der Waals surface area contributed by atoms with Crippen LogP contribution in [0.25, 0.3) is 0 Å². The molecule has 0 heterocycles. The lowest BCUT2D eigenvalue weighted by Crippen LogP contribution is -2.02. The topological polar surface area (TPSA) is 17.1 Å². The maximum absolute atomic E-state index is 11.4. The van der Waals surface area contributed by atoms with Crippen LogP contribution >= 0.6 is 50.1 Å². The maximum atomic E-state index is 11.4. The quantitative estimate of drug-likeness (QED) is 0.437. The molecule has 0 aliphatic rings. The molecule has 0 fully saturated rings. The fourth-order valence-corrected chi connectivity index (χ4v) is 2.17. The van der Waals surface area contributed by atoms with Gasteiger partial charge in [0.2, 0.25) is 0 Å². The minimum atomic E-state index is 0.0181. The third-order valence-corrected chi connectivity index (χ3v) is 3.65. The van der Waals surface area contributed by atoms with Gasteiger partial charge < -0.3 is 0 Å². The van der Waals surface area contributed by atoms with Gasteiger partial charge in [0.25, 0.3) is 0 Å². The number of aryl methyl sites for hydroxylation is 1. The van der Waals surface area contributed by atoms with Gasteiger partial charge in [0.1, 0.15) is 0 Å². The van der Waals surface area contributed by atoms with Gasteiger partial charge in [-0.1, -0.05) is 27.5 Å². The van der Waals surface area contributed by atoms with E-state index in [1.807, 2.05) is 19.1 Å². The molecule has 1 aromatic rings. The number of ketones is 1. The van der Waals surface area contributed by atoms with Crippen molar-refractivity contribution in [3.8, 4) is 0 Å². The fourth-order valence-electron chi connectivity index (χ4n) is 0.943. The van der Waals surface area contributed by atoms with E-state index in [1.54, 1.807) is 0 Å². The SMILES string of the molecule is Cc1cc(C(=O)CBr)c(Cl)cc1I. The molecule has 0 unspecified atom stereocenters. The van der Waals surface area contributed by atoms with Crippen LogP contribution in [0.2, 0.25) is 5.02 Å². The molecule has 0 aliphatic carbocycles. The third-order valence-electron chi connectivity index (χ3n) is 1.67. The van der Waals surface area contributed by atoms with Crippen molar-refractivity contribution in [1.29, 1.82) is 0 Å². The molecule has 1 rings (SSSR count). The average Bonchev–Trinajstić information content (AvgIpc) is 2.10. The van der Waals surface area contributed by atoms with E-state index in [0.717, 1.165) is 9.13 Å². The van der Waals surface area contributed by atoms with E-state index in [2.05, 4.69) is 38.5 Å². The minimum absolute atomic E-state index is 0.0181. The van der Waals surface area contributed by atoms with Gasteiger partial charge in [-0.15, -0.1) is 0 Å². The second-order valence-corrected chi connectivity index (χ2v) is 4.77. The highest BCUT2D eigenvalue weighted by molar-refractivity contribution is 14.1. The van der Waals surface area contributed by atoms with Gasteiger partial charge in [-0.2, -0.15) is 0 Å². The summed E-state index contributed by atoms with van der Waals surface area (Å²) in [5.41, 5.74) is 1.67. The van der Waals surface area contributed by atoms with Crippen molar-refractivity contribution in [2.45, 2.75) is 6.92 Å². The lowest BCUT2D eigenvalue weighted by Gasteiger charge is -2.04. The summed E-state index contributed by atoms with van der Waals surface area (Å²) >= 11 is 11.2. The molecule has 0 radical (unpaired) electrons. The Morgan fingerprint density at radius 3 is 2.77 bits per heavy atom. The second kappa shape index (κ2) is 4.75. The molecule has 0 amide bonds. The Hall–Kier alpha value is 0.390. The first-order valence-corrected chi connectivity index (χ1v) is 6.19. The molecular formula is C9H7BrClIO. The predicted molar refractivity (Wildman–Crippen MR) is 67.0 cm³/mol. The van der Waals surface area contributed by atoms with Crippen LogP contribution in [0.3, 0.4) is 0 Å². The molecule has 13 heavy (non-hydrogen) atoms. The number of carbonyl (C=O) groups excluding carboxylic acids is 1. The van der Waals surface area contributed by atoms with Crippen LogP contribution in [0.4, 0.5) is 0 Å². The van der Waals surface area contributed by atoms with E-state index in [9.17, 15) is 4.79 Å². The van der Waals surface area contributed by atoms with E-state index in [0.29, 0.717) is 15.9 Å². The van der Waals surface area contributed by atoms with Crippen molar-refractivity contribution in [3.05, 3.63) is 31.9 Å².